The average molecular weight is 257 g/mol. The van der Waals surface area contributed by atoms with E-state index in [-0.39, 0.29) is 0 Å². The van der Waals surface area contributed by atoms with Gasteiger partial charge in [-0.15, -0.1) is 5.10 Å². The van der Waals surface area contributed by atoms with Crippen LogP contribution < -0.4 is 5.32 Å². The maximum atomic E-state index is 4.41. The van der Waals surface area contributed by atoms with Gasteiger partial charge in [-0.25, -0.2) is 9.50 Å². The summed E-state index contributed by atoms with van der Waals surface area (Å²) < 4.78 is 1.77. The summed E-state index contributed by atoms with van der Waals surface area (Å²) in [7, 11) is 0. The molecule has 0 fully saturated rings. The summed E-state index contributed by atoms with van der Waals surface area (Å²) in [6, 6.07) is 4.02. The normalized spacial score (nSPS) is 11.0. The predicted molar refractivity (Wildman–Crippen MR) is 70.9 cm³/mol. The molecule has 3 aromatic rings. The third kappa shape index (κ3) is 2.70. The minimum absolute atomic E-state index is 0.656. The number of nitrogens with one attached hydrogen (secondary N) is 2. The van der Waals surface area contributed by atoms with Crippen molar-refractivity contribution in [3.05, 3.63) is 36.0 Å². The third-order valence-electron chi connectivity index (χ3n) is 2.83. The largest absolute Gasteiger partial charge is 0.353 e. The fraction of sp³-hybridized carbons (Fsp3) is 0.333. The van der Waals surface area contributed by atoms with Gasteiger partial charge in [0.2, 0.25) is 5.95 Å². The fourth-order valence-corrected chi connectivity index (χ4v) is 1.87. The lowest BCUT2D eigenvalue weighted by molar-refractivity contribution is 0.799. The van der Waals surface area contributed by atoms with E-state index in [0.717, 1.165) is 30.9 Å². The van der Waals surface area contributed by atoms with Gasteiger partial charge in [-0.2, -0.15) is 10.1 Å². The van der Waals surface area contributed by atoms with Gasteiger partial charge >= 0.3 is 0 Å². The van der Waals surface area contributed by atoms with Crippen molar-refractivity contribution in [1.29, 1.82) is 0 Å². The summed E-state index contributed by atoms with van der Waals surface area (Å²) in [6.07, 6.45) is 5.25. The van der Waals surface area contributed by atoms with Crippen LogP contribution >= 0.6 is 0 Å². The summed E-state index contributed by atoms with van der Waals surface area (Å²) in [5.74, 6) is 1.56. The number of aromatic nitrogens is 6. The zero-order valence-electron chi connectivity index (χ0n) is 10.7. The molecule has 3 aromatic heterocycles. The molecule has 98 valence electrons. The molecule has 2 N–H and O–H groups in total. The van der Waals surface area contributed by atoms with Crippen LogP contribution in [0.4, 0.5) is 5.95 Å². The highest BCUT2D eigenvalue weighted by Crippen LogP contribution is 2.07. The zero-order valence-corrected chi connectivity index (χ0v) is 10.7. The molecule has 19 heavy (non-hydrogen) atoms. The monoisotopic (exact) mass is 257 g/mol. The van der Waals surface area contributed by atoms with Gasteiger partial charge in [0.05, 0.1) is 0 Å². The quantitative estimate of drug-likeness (QED) is 0.671. The van der Waals surface area contributed by atoms with Crippen molar-refractivity contribution < 1.29 is 0 Å². The molecule has 0 saturated carbocycles. The molecule has 0 amide bonds. The summed E-state index contributed by atoms with van der Waals surface area (Å²) in [5, 5.41) is 14.2. The van der Waals surface area contributed by atoms with Crippen LogP contribution in [0.15, 0.2) is 24.7 Å². The summed E-state index contributed by atoms with van der Waals surface area (Å²) in [4.78, 5) is 8.49. The number of rotatable bonds is 5. The number of fused-ring (bicyclic) bond motifs is 1. The standard InChI is InChI=1S/C12H15N7/c1-9-4-6-19-11(7-9)16-12(18-19)13-5-2-3-10-14-8-15-17-10/h4,6-8H,2-3,5H2,1H3,(H,13,18)(H,14,15,17). The maximum absolute atomic E-state index is 4.41. The minimum Gasteiger partial charge on any atom is -0.353 e. The van der Waals surface area contributed by atoms with Crippen molar-refractivity contribution in [3.8, 4) is 0 Å². The Balaban J connectivity index is 1.56. The van der Waals surface area contributed by atoms with Crippen LogP contribution in [0.3, 0.4) is 0 Å². The van der Waals surface area contributed by atoms with E-state index in [1.807, 2.05) is 25.3 Å². The molecule has 0 aliphatic heterocycles. The molecule has 0 radical (unpaired) electrons. The van der Waals surface area contributed by atoms with E-state index in [4.69, 9.17) is 0 Å². The SMILES string of the molecule is Cc1ccn2nc(NCCCc3ncn[nH]3)nc2c1. The molecule has 0 bridgehead atoms. The Morgan fingerprint density at radius 1 is 1.42 bits per heavy atom. The second-order valence-corrected chi connectivity index (χ2v) is 4.40. The molecular formula is C12H15N7. The molecule has 7 nitrogen and oxygen atoms in total. The van der Waals surface area contributed by atoms with E-state index in [9.17, 15) is 0 Å². The van der Waals surface area contributed by atoms with Gasteiger partial charge in [-0.3, -0.25) is 5.10 Å². The third-order valence-corrected chi connectivity index (χ3v) is 2.83. The second kappa shape index (κ2) is 5.05. The molecule has 0 spiro atoms. The minimum atomic E-state index is 0.656. The first-order chi connectivity index (χ1) is 9.31. The number of H-pyrrole nitrogens is 1. The fourth-order valence-electron chi connectivity index (χ4n) is 1.87. The molecule has 3 heterocycles. The summed E-state index contributed by atoms with van der Waals surface area (Å²) in [5.41, 5.74) is 2.04. The molecule has 0 saturated heterocycles. The van der Waals surface area contributed by atoms with Crippen LogP contribution in [-0.4, -0.2) is 36.3 Å². The van der Waals surface area contributed by atoms with Gasteiger partial charge in [0.15, 0.2) is 5.65 Å². The lowest BCUT2D eigenvalue weighted by Crippen LogP contribution is -2.05. The van der Waals surface area contributed by atoms with Crippen molar-refractivity contribution in [2.45, 2.75) is 19.8 Å². The average Bonchev–Trinajstić information content (AvgIpc) is 3.02. The number of nitrogens with zero attached hydrogens (tertiary/aromatic N) is 5. The van der Waals surface area contributed by atoms with Gasteiger partial charge in [-0.1, -0.05) is 0 Å². The van der Waals surface area contributed by atoms with Gasteiger partial charge in [0.1, 0.15) is 12.2 Å². The van der Waals surface area contributed by atoms with Crippen LogP contribution in [0.1, 0.15) is 17.8 Å². The Morgan fingerprint density at radius 3 is 3.21 bits per heavy atom. The highest BCUT2D eigenvalue weighted by Gasteiger charge is 2.03. The summed E-state index contributed by atoms with van der Waals surface area (Å²) in [6.45, 7) is 2.84. The first-order valence-electron chi connectivity index (χ1n) is 6.22. The second-order valence-electron chi connectivity index (χ2n) is 4.40. The van der Waals surface area contributed by atoms with Gasteiger partial charge < -0.3 is 5.32 Å². The number of anilines is 1. The molecule has 0 aliphatic rings. The molecule has 0 aromatic carbocycles. The van der Waals surface area contributed by atoms with E-state index in [1.165, 1.54) is 11.9 Å². The van der Waals surface area contributed by atoms with Crippen molar-refractivity contribution in [2.24, 2.45) is 0 Å². The molecule has 3 rings (SSSR count). The molecule has 0 atom stereocenters. The Bertz CT molecular complexity index is 656. The Labute approximate surface area is 110 Å². The van der Waals surface area contributed by atoms with E-state index in [1.54, 1.807) is 4.52 Å². The first kappa shape index (κ1) is 11.6. The molecule has 7 heteroatoms. The Hall–Kier alpha value is -2.44. The number of aryl methyl sites for hydroxylation is 2. The lowest BCUT2D eigenvalue weighted by atomic mass is 10.3. The van der Waals surface area contributed by atoms with Crippen LogP contribution in [0.5, 0.6) is 0 Å². The van der Waals surface area contributed by atoms with E-state index in [2.05, 4.69) is 30.6 Å². The number of hydrogen-bond donors (Lipinski definition) is 2. The van der Waals surface area contributed by atoms with Crippen LogP contribution in [-0.2, 0) is 6.42 Å². The first-order valence-corrected chi connectivity index (χ1v) is 6.22. The zero-order chi connectivity index (χ0) is 13.1. The number of aromatic amines is 1. The Kier molecular flexibility index (Phi) is 3.09. The molecule has 0 aliphatic carbocycles. The lowest BCUT2D eigenvalue weighted by Gasteiger charge is -1.99. The van der Waals surface area contributed by atoms with Gasteiger partial charge in [0, 0.05) is 19.2 Å². The van der Waals surface area contributed by atoms with Crippen molar-refractivity contribution >= 4 is 11.6 Å². The van der Waals surface area contributed by atoms with Crippen molar-refractivity contribution in [3.63, 3.8) is 0 Å². The van der Waals surface area contributed by atoms with E-state index in [0.29, 0.717) is 5.95 Å². The topological polar surface area (TPSA) is 83.8 Å². The predicted octanol–water partition coefficient (Wildman–Crippen LogP) is 1.20. The smallest absolute Gasteiger partial charge is 0.243 e. The number of hydrogen-bond acceptors (Lipinski definition) is 5. The van der Waals surface area contributed by atoms with Crippen LogP contribution in [0, 0.1) is 6.92 Å². The molecular weight excluding hydrogens is 242 g/mol. The summed E-state index contributed by atoms with van der Waals surface area (Å²) >= 11 is 0. The maximum Gasteiger partial charge on any atom is 0.243 e. The van der Waals surface area contributed by atoms with Crippen molar-refractivity contribution in [1.82, 2.24) is 29.8 Å². The van der Waals surface area contributed by atoms with Gasteiger partial charge in [-0.05, 0) is 31.0 Å². The van der Waals surface area contributed by atoms with Gasteiger partial charge in [0.25, 0.3) is 0 Å². The van der Waals surface area contributed by atoms with E-state index < -0.39 is 0 Å². The number of pyridine rings is 1. The van der Waals surface area contributed by atoms with Crippen molar-refractivity contribution in [2.75, 3.05) is 11.9 Å². The highest BCUT2D eigenvalue weighted by molar-refractivity contribution is 5.45. The highest BCUT2D eigenvalue weighted by atomic mass is 15.3. The molecule has 0 unspecified atom stereocenters. The van der Waals surface area contributed by atoms with E-state index >= 15 is 0 Å². The van der Waals surface area contributed by atoms with Crippen LogP contribution in [0.25, 0.3) is 5.65 Å². The van der Waals surface area contributed by atoms with Crippen LogP contribution in [0.2, 0.25) is 0 Å². The Morgan fingerprint density at radius 2 is 2.37 bits per heavy atom.